The molecule has 0 heterocycles. The Hall–Kier alpha value is -2.16. The van der Waals surface area contributed by atoms with Crippen molar-refractivity contribution in [3.05, 3.63) is 71.3 Å². The van der Waals surface area contributed by atoms with E-state index in [2.05, 4.69) is 32.4 Å². The van der Waals surface area contributed by atoms with Gasteiger partial charge in [-0.3, -0.25) is 4.99 Å². The van der Waals surface area contributed by atoms with Crippen LogP contribution in [0, 0.1) is 11.7 Å². The number of halogens is 1. The minimum absolute atomic E-state index is 0.236. The number of likely N-dealkylation sites (N-methyl/N-ethyl adjacent to an activating group) is 1. The van der Waals surface area contributed by atoms with Gasteiger partial charge in [0.1, 0.15) is 5.82 Å². The van der Waals surface area contributed by atoms with E-state index in [4.69, 9.17) is 4.99 Å². The number of hydrogen-bond donors (Lipinski definition) is 0. The Labute approximate surface area is 158 Å². The first-order valence-electron chi connectivity index (χ1n) is 9.31. The van der Waals surface area contributed by atoms with Crippen molar-refractivity contribution in [2.75, 3.05) is 13.6 Å². The van der Waals surface area contributed by atoms with Gasteiger partial charge in [-0.2, -0.15) is 0 Å². The lowest BCUT2D eigenvalue weighted by Gasteiger charge is -2.21. The molecule has 0 spiro atoms. The Kier molecular flexibility index (Phi) is 9.04. The predicted molar refractivity (Wildman–Crippen MR) is 112 cm³/mol. The van der Waals surface area contributed by atoms with Crippen molar-refractivity contribution < 1.29 is 4.39 Å². The highest BCUT2D eigenvalue weighted by Crippen LogP contribution is 2.14. The molecule has 0 aromatic heterocycles. The minimum Gasteiger partial charge on any atom is -0.375 e. The number of aliphatic imine (C=N–C) groups is 1. The Balaban J connectivity index is 2.83. The number of allylic oxidation sites excluding steroid dienone is 3. The van der Waals surface area contributed by atoms with Gasteiger partial charge in [-0.1, -0.05) is 44.6 Å². The summed E-state index contributed by atoms with van der Waals surface area (Å²) in [5.41, 5.74) is 4.78. The van der Waals surface area contributed by atoms with E-state index in [1.165, 1.54) is 18.6 Å². The van der Waals surface area contributed by atoms with Gasteiger partial charge in [0.25, 0.3) is 0 Å². The molecule has 142 valence electrons. The van der Waals surface area contributed by atoms with Crippen molar-refractivity contribution >= 4 is 5.71 Å². The van der Waals surface area contributed by atoms with Crippen LogP contribution in [0.5, 0.6) is 0 Å². The third-order valence-corrected chi connectivity index (χ3v) is 4.64. The van der Waals surface area contributed by atoms with Crippen molar-refractivity contribution in [3.8, 4) is 0 Å². The lowest BCUT2D eigenvalue weighted by atomic mass is 10.1. The lowest BCUT2D eigenvalue weighted by Crippen LogP contribution is -2.19. The van der Waals surface area contributed by atoms with Crippen LogP contribution in [0.15, 0.2) is 65.0 Å². The summed E-state index contributed by atoms with van der Waals surface area (Å²) in [7, 11) is 2.07. The van der Waals surface area contributed by atoms with Crippen LogP contribution in [0.3, 0.4) is 0 Å². The molecular weight excluding hydrogens is 323 g/mol. The molecule has 1 rings (SSSR count). The molecule has 26 heavy (non-hydrogen) atoms. The first-order valence-corrected chi connectivity index (χ1v) is 9.31. The second kappa shape index (κ2) is 10.7. The molecule has 1 unspecified atom stereocenters. The molecule has 0 bridgehead atoms. The highest BCUT2D eigenvalue weighted by molar-refractivity contribution is 5.99. The summed E-state index contributed by atoms with van der Waals surface area (Å²) >= 11 is 0. The molecule has 0 aliphatic carbocycles. The number of hydrogen-bond acceptors (Lipinski definition) is 2. The van der Waals surface area contributed by atoms with Crippen LogP contribution in [-0.2, 0) is 0 Å². The summed E-state index contributed by atoms with van der Waals surface area (Å²) in [6.45, 7) is 15.7. The smallest absolute Gasteiger partial charge is 0.123 e. The van der Waals surface area contributed by atoms with Gasteiger partial charge < -0.3 is 4.90 Å². The Morgan fingerprint density at radius 1 is 1.19 bits per heavy atom. The lowest BCUT2D eigenvalue weighted by molar-refractivity contribution is 0.372. The van der Waals surface area contributed by atoms with Crippen molar-refractivity contribution in [3.63, 3.8) is 0 Å². The largest absolute Gasteiger partial charge is 0.375 e. The van der Waals surface area contributed by atoms with Crippen molar-refractivity contribution in [1.29, 1.82) is 0 Å². The van der Waals surface area contributed by atoms with Gasteiger partial charge in [0, 0.05) is 25.0 Å². The van der Waals surface area contributed by atoms with Gasteiger partial charge >= 0.3 is 0 Å². The molecule has 1 aromatic rings. The zero-order chi connectivity index (χ0) is 19.7. The van der Waals surface area contributed by atoms with E-state index in [1.807, 2.05) is 32.9 Å². The highest BCUT2D eigenvalue weighted by atomic mass is 19.1. The molecular formula is C23H33FN2. The molecule has 0 amide bonds. The summed E-state index contributed by atoms with van der Waals surface area (Å²) in [5, 5.41) is 0. The van der Waals surface area contributed by atoms with Gasteiger partial charge in [-0.05, 0) is 63.0 Å². The molecule has 0 aliphatic heterocycles. The Morgan fingerprint density at radius 2 is 1.81 bits per heavy atom. The second-order valence-electron chi connectivity index (χ2n) is 7.14. The number of nitrogens with zero attached hydrogens (tertiary/aromatic N) is 2. The minimum atomic E-state index is -0.236. The van der Waals surface area contributed by atoms with Gasteiger partial charge in [0.05, 0.1) is 5.70 Å². The SMILES string of the molecule is C=C(/C=C\C(/N=C(\C)c1ccc(F)cc1)=C(C)C)N(C)CCC(C)CC. The van der Waals surface area contributed by atoms with Crippen LogP contribution < -0.4 is 0 Å². The number of benzene rings is 1. The van der Waals surface area contributed by atoms with Gasteiger partial charge in [0.2, 0.25) is 0 Å². The topological polar surface area (TPSA) is 15.6 Å². The van der Waals surface area contributed by atoms with Crippen LogP contribution in [0.2, 0.25) is 0 Å². The van der Waals surface area contributed by atoms with Crippen molar-refractivity contribution in [2.24, 2.45) is 10.9 Å². The van der Waals surface area contributed by atoms with E-state index in [9.17, 15) is 4.39 Å². The zero-order valence-corrected chi connectivity index (χ0v) is 17.1. The first-order chi connectivity index (χ1) is 12.2. The van der Waals surface area contributed by atoms with E-state index in [1.54, 1.807) is 12.1 Å². The van der Waals surface area contributed by atoms with Crippen LogP contribution >= 0.6 is 0 Å². The summed E-state index contributed by atoms with van der Waals surface area (Å²) in [4.78, 5) is 6.90. The maximum absolute atomic E-state index is 13.1. The van der Waals surface area contributed by atoms with Crippen molar-refractivity contribution in [2.45, 2.75) is 47.5 Å². The molecule has 0 saturated heterocycles. The molecule has 1 aromatic carbocycles. The average molecular weight is 357 g/mol. The first kappa shape index (κ1) is 21.9. The maximum Gasteiger partial charge on any atom is 0.123 e. The van der Waals surface area contributed by atoms with Gasteiger partial charge in [-0.25, -0.2) is 4.39 Å². The van der Waals surface area contributed by atoms with Crippen LogP contribution in [-0.4, -0.2) is 24.2 Å². The summed E-state index contributed by atoms with van der Waals surface area (Å²) in [5.74, 6) is 0.492. The standard InChI is InChI=1S/C23H33FN2/c1-8-18(4)15-16-26(7)19(5)9-14-23(17(2)3)25-20(6)21-10-12-22(24)13-11-21/h9-14,18H,5,8,15-16H2,1-4,6-7H3/b14-9-,25-20+. The Bertz CT molecular complexity index is 677. The molecule has 1 atom stereocenters. The summed E-state index contributed by atoms with van der Waals surface area (Å²) in [6, 6.07) is 6.42. The third-order valence-electron chi connectivity index (χ3n) is 4.64. The molecule has 0 N–H and O–H groups in total. The third kappa shape index (κ3) is 7.38. The van der Waals surface area contributed by atoms with Crippen LogP contribution in [0.1, 0.15) is 53.0 Å². The van der Waals surface area contributed by atoms with Crippen molar-refractivity contribution in [1.82, 2.24) is 4.90 Å². The van der Waals surface area contributed by atoms with E-state index in [-0.39, 0.29) is 5.82 Å². The second-order valence-corrected chi connectivity index (χ2v) is 7.14. The van der Waals surface area contributed by atoms with Crippen LogP contribution in [0.4, 0.5) is 4.39 Å². The highest BCUT2D eigenvalue weighted by Gasteiger charge is 2.04. The van der Waals surface area contributed by atoms with E-state index in [0.29, 0.717) is 0 Å². The zero-order valence-electron chi connectivity index (χ0n) is 17.1. The van der Waals surface area contributed by atoms with E-state index in [0.717, 1.165) is 47.1 Å². The predicted octanol–water partition coefficient (Wildman–Crippen LogP) is 6.37. The van der Waals surface area contributed by atoms with E-state index >= 15 is 0 Å². The molecule has 0 saturated carbocycles. The van der Waals surface area contributed by atoms with Crippen LogP contribution in [0.25, 0.3) is 0 Å². The summed E-state index contributed by atoms with van der Waals surface area (Å²) in [6.07, 6.45) is 6.39. The quantitative estimate of drug-likeness (QED) is 0.371. The van der Waals surface area contributed by atoms with Gasteiger partial charge in [0.15, 0.2) is 0 Å². The molecule has 0 aliphatic rings. The summed E-state index contributed by atoms with van der Waals surface area (Å²) < 4.78 is 13.1. The molecule has 0 radical (unpaired) electrons. The average Bonchev–Trinajstić information content (AvgIpc) is 2.62. The number of rotatable bonds is 9. The Morgan fingerprint density at radius 3 is 2.35 bits per heavy atom. The fourth-order valence-electron chi connectivity index (χ4n) is 2.32. The van der Waals surface area contributed by atoms with Gasteiger partial charge in [-0.15, -0.1) is 0 Å². The molecule has 2 nitrogen and oxygen atoms in total. The van der Waals surface area contributed by atoms with E-state index < -0.39 is 0 Å². The fourth-order valence-corrected chi connectivity index (χ4v) is 2.32. The fraction of sp³-hybridized carbons (Fsp3) is 0.435. The monoisotopic (exact) mass is 356 g/mol. The maximum atomic E-state index is 13.1. The molecule has 0 fully saturated rings. The normalized spacial score (nSPS) is 13.0. The molecule has 3 heteroatoms.